The molecule has 0 amide bonds. The number of nitrogens with zero attached hydrogens (tertiary/aromatic N) is 2. The molecule has 2 aromatic rings. The lowest BCUT2D eigenvalue weighted by Gasteiger charge is -2.18. The van der Waals surface area contributed by atoms with E-state index in [0.29, 0.717) is 19.0 Å². The van der Waals surface area contributed by atoms with Crippen LogP contribution in [0.1, 0.15) is 37.4 Å². The second-order valence-electron chi connectivity index (χ2n) is 6.18. The fourth-order valence-electron chi connectivity index (χ4n) is 3.08. The van der Waals surface area contributed by atoms with Crippen LogP contribution in [0.15, 0.2) is 30.5 Å². The molecule has 1 aliphatic heterocycles. The Morgan fingerprint density at radius 1 is 1.24 bits per heavy atom. The summed E-state index contributed by atoms with van der Waals surface area (Å²) in [6.07, 6.45) is 1.79. The van der Waals surface area contributed by atoms with E-state index in [1.165, 1.54) is 0 Å². The van der Waals surface area contributed by atoms with Crippen molar-refractivity contribution in [3.63, 3.8) is 0 Å². The van der Waals surface area contributed by atoms with Crippen LogP contribution in [0.5, 0.6) is 0 Å². The third kappa shape index (κ3) is 2.91. The van der Waals surface area contributed by atoms with E-state index in [1.54, 1.807) is 0 Å². The SMILES string of the molecule is CC(C)c1nccc2c(CN3CCC(F)(F)C3)cccc12. The van der Waals surface area contributed by atoms with Gasteiger partial charge in [-0.15, -0.1) is 0 Å². The van der Waals surface area contributed by atoms with Gasteiger partial charge in [0.1, 0.15) is 0 Å². The number of rotatable bonds is 3. The summed E-state index contributed by atoms with van der Waals surface area (Å²) < 4.78 is 26.7. The molecule has 1 aromatic carbocycles. The van der Waals surface area contributed by atoms with E-state index in [4.69, 9.17) is 0 Å². The van der Waals surface area contributed by atoms with Crippen molar-refractivity contribution in [2.75, 3.05) is 13.1 Å². The van der Waals surface area contributed by atoms with Crippen LogP contribution in [-0.4, -0.2) is 28.9 Å². The minimum absolute atomic E-state index is 0.0312. The van der Waals surface area contributed by atoms with Gasteiger partial charge in [-0.1, -0.05) is 32.0 Å². The van der Waals surface area contributed by atoms with Gasteiger partial charge in [0.15, 0.2) is 0 Å². The summed E-state index contributed by atoms with van der Waals surface area (Å²) in [4.78, 5) is 6.31. The minimum atomic E-state index is -2.53. The Morgan fingerprint density at radius 2 is 2.05 bits per heavy atom. The highest BCUT2D eigenvalue weighted by Gasteiger charge is 2.37. The highest BCUT2D eigenvalue weighted by molar-refractivity contribution is 5.87. The van der Waals surface area contributed by atoms with Crippen LogP contribution in [0.4, 0.5) is 8.78 Å². The average Bonchev–Trinajstić information content (AvgIpc) is 2.77. The lowest BCUT2D eigenvalue weighted by molar-refractivity contribution is 0.0115. The molecule has 0 atom stereocenters. The van der Waals surface area contributed by atoms with Gasteiger partial charge in [0.2, 0.25) is 0 Å². The van der Waals surface area contributed by atoms with Gasteiger partial charge in [0.05, 0.1) is 12.2 Å². The molecular formula is C17H20F2N2. The highest BCUT2D eigenvalue weighted by Crippen LogP contribution is 2.30. The molecule has 0 aliphatic carbocycles. The predicted octanol–water partition coefficient (Wildman–Crippen LogP) is 4.20. The Balaban J connectivity index is 1.95. The standard InChI is InChI=1S/C17H20F2N2/c1-12(2)16-15-5-3-4-13(14(15)6-8-20-16)10-21-9-7-17(18,19)11-21/h3-6,8,12H,7,9-11H2,1-2H3. The van der Waals surface area contributed by atoms with Crippen molar-refractivity contribution in [1.29, 1.82) is 0 Å². The van der Waals surface area contributed by atoms with Crippen molar-refractivity contribution in [1.82, 2.24) is 9.88 Å². The number of aromatic nitrogens is 1. The van der Waals surface area contributed by atoms with Gasteiger partial charge in [-0.05, 0) is 22.9 Å². The van der Waals surface area contributed by atoms with Gasteiger partial charge in [-0.25, -0.2) is 8.78 Å². The average molecular weight is 290 g/mol. The Bertz CT molecular complexity index is 652. The molecule has 2 nitrogen and oxygen atoms in total. The topological polar surface area (TPSA) is 16.1 Å². The second kappa shape index (κ2) is 5.34. The van der Waals surface area contributed by atoms with Crippen molar-refractivity contribution in [2.45, 2.75) is 38.7 Å². The van der Waals surface area contributed by atoms with Crippen molar-refractivity contribution >= 4 is 10.8 Å². The van der Waals surface area contributed by atoms with E-state index in [-0.39, 0.29) is 13.0 Å². The summed E-state index contributed by atoms with van der Waals surface area (Å²) in [5, 5.41) is 2.27. The highest BCUT2D eigenvalue weighted by atomic mass is 19.3. The molecule has 1 aromatic heterocycles. The van der Waals surface area contributed by atoms with Gasteiger partial charge < -0.3 is 0 Å². The molecule has 0 saturated carbocycles. The first-order valence-corrected chi connectivity index (χ1v) is 7.43. The van der Waals surface area contributed by atoms with Crippen molar-refractivity contribution in [3.05, 3.63) is 41.7 Å². The van der Waals surface area contributed by atoms with Crippen molar-refractivity contribution in [3.8, 4) is 0 Å². The van der Waals surface area contributed by atoms with E-state index in [2.05, 4.69) is 24.9 Å². The molecule has 0 radical (unpaired) electrons. The van der Waals surface area contributed by atoms with E-state index in [1.807, 2.05) is 29.3 Å². The van der Waals surface area contributed by atoms with Crippen LogP contribution in [0.2, 0.25) is 0 Å². The zero-order chi connectivity index (χ0) is 15.0. The van der Waals surface area contributed by atoms with Crippen LogP contribution >= 0.6 is 0 Å². The number of benzene rings is 1. The van der Waals surface area contributed by atoms with Gasteiger partial charge >= 0.3 is 0 Å². The van der Waals surface area contributed by atoms with E-state index < -0.39 is 5.92 Å². The Labute approximate surface area is 123 Å². The molecule has 1 fully saturated rings. The first kappa shape index (κ1) is 14.4. The Morgan fingerprint density at radius 3 is 2.71 bits per heavy atom. The van der Waals surface area contributed by atoms with E-state index >= 15 is 0 Å². The molecule has 4 heteroatoms. The van der Waals surface area contributed by atoms with Gasteiger partial charge in [-0.3, -0.25) is 9.88 Å². The molecule has 3 rings (SSSR count). The normalized spacial score (nSPS) is 18.7. The molecule has 0 N–H and O–H groups in total. The molecule has 0 unspecified atom stereocenters. The molecule has 112 valence electrons. The van der Waals surface area contributed by atoms with E-state index in [9.17, 15) is 8.78 Å². The lowest BCUT2D eigenvalue weighted by atomic mass is 9.99. The zero-order valence-electron chi connectivity index (χ0n) is 12.4. The van der Waals surface area contributed by atoms with Crippen LogP contribution in [0, 0.1) is 0 Å². The molecule has 1 saturated heterocycles. The second-order valence-corrected chi connectivity index (χ2v) is 6.18. The first-order chi connectivity index (χ1) is 9.96. The summed E-state index contributed by atoms with van der Waals surface area (Å²) in [6, 6.07) is 8.09. The Kier molecular flexibility index (Phi) is 3.66. The van der Waals surface area contributed by atoms with E-state index in [0.717, 1.165) is 22.0 Å². The van der Waals surface area contributed by atoms with Gasteiger partial charge in [-0.2, -0.15) is 0 Å². The molecule has 21 heavy (non-hydrogen) atoms. The Hall–Kier alpha value is -1.55. The summed E-state index contributed by atoms with van der Waals surface area (Å²) in [5.41, 5.74) is 2.18. The molecule has 2 heterocycles. The number of alkyl halides is 2. The smallest absolute Gasteiger partial charge is 0.261 e. The summed E-state index contributed by atoms with van der Waals surface area (Å²) in [6.45, 7) is 5.15. The predicted molar refractivity (Wildman–Crippen MR) is 80.7 cm³/mol. The summed E-state index contributed by atoms with van der Waals surface area (Å²) >= 11 is 0. The van der Waals surface area contributed by atoms with Crippen LogP contribution in [0.3, 0.4) is 0 Å². The molecular weight excluding hydrogens is 270 g/mol. The number of hydrogen-bond acceptors (Lipinski definition) is 2. The van der Waals surface area contributed by atoms with Crippen molar-refractivity contribution < 1.29 is 8.78 Å². The van der Waals surface area contributed by atoms with Crippen LogP contribution in [-0.2, 0) is 6.54 Å². The van der Waals surface area contributed by atoms with Gasteiger partial charge in [0, 0.05) is 31.1 Å². The molecule has 0 spiro atoms. The largest absolute Gasteiger partial charge is 0.293 e. The van der Waals surface area contributed by atoms with Gasteiger partial charge in [0.25, 0.3) is 5.92 Å². The van der Waals surface area contributed by atoms with Crippen LogP contribution in [0.25, 0.3) is 10.8 Å². The first-order valence-electron chi connectivity index (χ1n) is 7.43. The fraction of sp³-hybridized carbons (Fsp3) is 0.471. The summed E-state index contributed by atoms with van der Waals surface area (Å²) in [5.74, 6) is -2.19. The minimum Gasteiger partial charge on any atom is -0.293 e. The maximum absolute atomic E-state index is 13.3. The summed E-state index contributed by atoms with van der Waals surface area (Å²) in [7, 11) is 0. The maximum Gasteiger partial charge on any atom is 0.261 e. The number of halogens is 2. The third-order valence-electron chi connectivity index (χ3n) is 4.12. The maximum atomic E-state index is 13.3. The monoisotopic (exact) mass is 290 g/mol. The number of likely N-dealkylation sites (tertiary alicyclic amines) is 1. The number of fused-ring (bicyclic) bond motifs is 1. The molecule has 0 bridgehead atoms. The fourth-order valence-corrected chi connectivity index (χ4v) is 3.08. The van der Waals surface area contributed by atoms with Crippen molar-refractivity contribution in [2.24, 2.45) is 0 Å². The quantitative estimate of drug-likeness (QED) is 0.842. The molecule has 1 aliphatic rings. The third-order valence-corrected chi connectivity index (χ3v) is 4.12. The zero-order valence-corrected chi connectivity index (χ0v) is 12.4. The number of hydrogen-bond donors (Lipinski definition) is 0. The lowest BCUT2D eigenvalue weighted by Crippen LogP contribution is -2.24. The van der Waals surface area contributed by atoms with Crippen LogP contribution < -0.4 is 0 Å². The number of pyridine rings is 1.